The van der Waals surface area contributed by atoms with E-state index in [4.69, 9.17) is 4.74 Å². The molecule has 0 amide bonds. The Hall–Kier alpha value is -2.02. The summed E-state index contributed by atoms with van der Waals surface area (Å²) in [5, 5.41) is 16.2. The van der Waals surface area contributed by atoms with Gasteiger partial charge in [-0.3, -0.25) is 0 Å². The molecule has 174 valence electrons. The van der Waals surface area contributed by atoms with Crippen molar-refractivity contribution in [2.75, 3.05) is 20.2 Å². The van der Waals surface area contributed by atoms with Gasteiger partial charge in [0.05, 0.1) is 13.7 Å². The number of hydrogen-bond donors (Lipinski definition) is 3. The second-order valence-electron chi connectivity index (χ2n) is 6.91. The van der Waals surface area contributed by atoms with E-state index in [1.807, 2.05) is 32.0 Å². The van der Waals surface area contributed by atoms with Crippen LogP contribution in [0.2, 0.25) is 0 Å². The minimum atomic E-state index is -4.88. The molecule has 0 radical (unpaired) electrons. The van der Waals surface area contributed by atoms with Crippen molar-refractivity contribution in [3.05, 3.63) is 47.5 Å². The van der Waals surface area contributed by atoms with Gasteiger partial charge in [0.1, 0.15) is 11.6 Å². The summed E-state index contributed by atoms with van der Waals surface area (Å²) >= 11 is 0. The summed E-state index contributed by atoms with van der Waals surface area (Å²) in [6, 6.07) is 5.72. The smallest absolute Gasteiger partial charge is 0.424 e. The molecule has 0 bridgehead atoms. The Morgan fingerprint density at radius 1 is 1.29 bits per heavy atom. The van der Waals surface area contributed by atoms with Crippen molar-refractivity contribution in [1.29, 1.82) is 0 Å². The van der Waals surface area contributed by atoms with Crippen molar-refractivity contribution < 1.29 is 23.0 Å². The molecule has 3 N–H and O–H groups in total. The molecule has 31 heavy (non-hydrogen) atoms. The fourth-order valence-electron chi connectivity index (χ4n) is 2.99. The lowest BCUT2D eigenvalue weighted by Gasteiger charge is -2.30. The Labute approximate surface area is 197 Å². The predicted octanol–water partition coefficient (Wildman–Crippen LogP) is 3.25. The summed E-state index contributed by atoms with van der Waals surface area (Å²) in [4.78, 5) is 8.11. The van der Waals surface area contributed by atoms with Gasteiger partial charge in [0.15, 0.2) is 5.96 Å². The minimum Gasteiger partial charge on any atom is -0.496 e. The number of aromatic nitrogens is 2. The van der Waals surface area contributed by atoms with Crippen LogP contribution in [0.5, 0.6) is 5.75 Å². The molecule has 0 aliphatic rings. The standard InChI is InChI=1S/C20H28F3N5O2.HI/c1-5-24-18(27-13-15-7-6-14(2)12-16(15)30-4)26-9-8-19(29,20(21,22)23)17-25-10-11-28(17)3;/h6-7,10-12,29H,5,8-9,13H2,1-4H3,(H2,24,26,27);1H. The SMILES string of the molecule is CCNC(=NCc1ccc(C)cc1OC)NCCC(O)(c1nccn1C)C(F)(F)F.I. The quantitative estimate of drug-likeness (QED) is 0.265. The lowest BCUT2D eigenvalue weighted by molar-refractivity contribution is -0.272. The summed E-state index contributed by atoms with van der Waals surface area (Å²) in [5.41, 5.74) is -1.18. The highest BCUT2D eigenvalue weighted by Crippen LogP contribution is 2.40. The molecule has 0 saturated heterocycles. The van der Waals surface area contributed by atoms with Gasteiger partial charge >= 0.3 is 6.18 Å². The number of benzene rings is 1. The highest BCUT2D eigenvalue weighted by Gasteiger charge is 2.57. The Morgan fingerprint density at radius 2 is 2.00 bits per heavy atom. The van der Waals surface area contributed by atoms with E-state index < -0.39 is 24.0 Å². The number of ether oxygens (including phenoxy) is 1. The Morgan fingerprint density at radius 3 is 2.55 bits per heavy atom. The molecule has 1 heterocycles. The molecule has 2 rings (SSSR count). The molecule has 0 fully saturated rings. The number of methoxy groups -OCH3 is 1. The topological polar surface area (TPSA) is 83.7 Å². The monoisotopic (exact) mass is 555 g/mol. The highest BCUT2D eigenvalue weighted by atomic mass is 127. The number of rotatable bonds is 8. The molecule has 2 aromatic rings. The molecule has 0 aliphatic carbocycles. The van der Waals surface area contributed by atoms with Gasteiger partial charge in [-0.05, 0) is 25.5 Å². The molecule has 1 unspecified atom stereocenters. The number of hydrogen-bond acceptors (Lipinski definition) is 4. The van der Waals surface area contributed by atoms with Gasteiger partial charge < -0.3 is 25.0 Å². The maximum atomic E-state index is 13.6. The molecule has 0 saturated carbocycles. The van der Waals surface area contributed by atoms with Crippen LogP contribution in [0.4, 0.5) is 13.2 Å². The molecule has 11 heteroatoms. The summed E-state index contributed by atoms with van der Waals surface area (Å²) in [6.45, 7) is 4.44. The van der Waals surface area contributed by atoms with Gasteiger partial charge in [0.2, 0.25) is 5.60 Å². The van der Waals surface area contributed by atoms with Crippen LogP contribution in [0, 0.1) is 6.92 Å². The lowest BCUT2D eigenvalue weighted by Crippen LogP contribution is -2.47. The normalized spacial score (nSPS) is 13.9. The first-order valence-corrected chi connectivity index (χ1v) is 9.55. The van der Waals surface area contributed by atoms with Crippen LogP contribution in [-0.4, -0.2) is 47.0 Å². The number of nitrogens with one attached hydrogen (secondary N) is 2. The Bertz CT molecular complexity index is 873. The van der Waals surface area contributed by atoms with E-state index in [0.29, 0.717) is 18.3 Å². The number of halogens is 4. The summed E-state index contributed by atoms with van der Waals surface area (Å²) in [7, 11) is 2.98. The average molecular weight is 555 g/mol. The van der Waals surface area contributed by atoms with Crippen molar-refractivity contribution in [2.45, 2.75) is 38.6 Å². The Balaban J connectivity index is 0.00000480. The number of nitrogens with zero attached hydrogens (tertiary/aromatic N) is 3. The molecule has 1 atom stereocenters. The van der Waals surface area contributed by atoms with Crippen LogP contribution in [0.15, 0.2) is 35.6 Å². The summed E-state index contributed by atoms with van der Waals surface area (Å²) < 4.78 is 47.4. The van der Waals surface area contributed by atoms with E-state index in [1.165, 1.54) is 19.4 Å². The molecule has 7 nitrogen and oxygen atoms in total. The van der Waals surface area contributed by atoms with Crippen molar-refractivity contribution in [1.82, 2.24) is 20.2 Å². The van der Waals surface area contributed by atoms with Crippen molar-refractivity contribution in [3.63, 3.8) is 0 Å². The van der Waals surface area contributed by atoms with Gasteiger partial charge in [-0.1, -0.05) is 12.1 Å². The lowest BCUT2D eigenvalue weighted by atomic mass is 9.97. The van der Waals surface area contributed by atoms with Gasteiger partial charge in [-0.25, -0.2) is 9.98 Å². The number of guanidine groups is 1. The Kier molecular flexibility index (Phi) is 10.1. The third-order valence-corrected chi connectivity index (χ3v) is 4.63. The number of aryl methyl sites for hydroxylation is 2. The van der Waals surface area contributed by atoms with Crippen LogP contribution in [-0.2, 0) is 19.2 Å². The number of aliphatic hydroxyl groups is 1. The van der Waals surface area contributed by atoms with E-state index in [2.05, 4.69) is 20.6 Å². The van der Waals surface area contributed by atoms with Crippen LogP contribution in [0.1, 0.15) is 30.3 Å². The third-order valence-electron chi connectivity index (χ3n) is 4.63. The fraction of sp³-hybridized carbons (Fsp3) is 0.500. The first kappa shape index (κ1) is 27.0. The van der Waals surface area contributed by atoms with Crippen molar-refractivity contribution >= 4 is 29.9 Å². The highest BCUT2D eigenvalue weighted by molar-refractivity contribution is 14.0. The zero-order valence-corrected chi connectivity index (χ0v) is 20.3. The van der Waals surface area contributed by atoms with E-state index in [-0.39, 0.29) is 37.1 Å². The van der Waals surface area contributed by atoms with Crippen molar-refractivity contribution in [2.24, 2.45) is 12.0 Å². The van der Waals surface area contributed by atoms with E-state index in [1.54, 1.807) is 7.11 Å². The van der Waals surface area contributed by atoms with Gasteiger partial charge in [0, 0.05) is 44.5 Å². The van der Waals surface area contributed by atoms with Crippen molar-refractivity contribution in [3.8, 4) is 5.75 Å². The zero-order valence-electron chi connectivity index (χ0n) is 18.0. The van der Waals surface area contributed by atoms with E-state index in [9.17, 15) is 18.3 Å². The minimum absolute atomic E-state index is 0. The maximum absolute atomic E-state index is 13.6. The van der Waals surface area contributed by atoms with Crippen LogP contribution in [0.3, 0.4) is 0 Å². The third kappa shape index (κ3) is 6.73. The van der Waals surface area contributed by atoms with Gasteiger partial charge in [0.25, 0.3) is 0 Å². The number of aliphatic imine (C=N–C) groups is 1. The van der Waals surface area contributed by atoms with Crippen LogP contribution >= 0.6 is 24.0 Å². The van der Waals surface area contributed by atoms with Gasteiger partial charge in [-0.2, -0.15) is 13.2 Å². The number of alkyl halides is 3. The predicted molar refractivity (Wildman–Crippen MR) is 124 cm³/mol. The largest absolute Gasteiger partial charge is 0.496 e. The zero-order chi connectivity index (χ0) is 22.4. The maximum Gasteiger partial charge on any atom is 0.424 e. The molecular formula is C20H29F3IN5O2. The second kappa shape index (κ2) is 11.6. The molecule has 1 aromatic heterocycles. The average Bonchev–Trinajstić information content (AvgIpc) is 3.12. The summed E-state index contributed by atoms with van der Waals surface area (Å²) in [5.74, 6) is 0.573. The first-order valence-electron chi connectivity index (χ1n) is 9.55. The van der Waals surface area contributed by atoms with E-state index in [0.717, 1.165) is 15.7 Å². The fourth-order valence-corrected chi connectivity index (χ4v) is 2.99. The van der Waals surface area contributed by atoms with Crippen LogP contribution < -0.4 is 15.4 Å². The number of imidazole rings is 1. The summed E-state index contributed by atoms with van der Waals surface area (Å²) in [6.07, 6.45) is -2.92. The molecule has 0 spiro atoms. The first-order chi connectivity index (χ1) is 14.1. The molecule has 0 aliphatic heterocycles. The van der Waals surface area contributed by atoms with Gasteiger partial charge in [-0.15, -0.1) is 24.0 Å². The second-order valence-corrected chi connectivity index (χ2v) is 6.91. The van der Waals surface area contributed by atoms with Crippen LogP contribution in [0.25, 0.3) is 0 Å². The molecular weight excluding hydrogens is 526 g/mol. The molecule has 1 aromatic carbocycles. The van der Waals surface area contributed by atoms with E-state index >= 15 is 0 Å².